The van der Waals surface area contributed by atoms with Crippen LogP contribution >= 0.6 is 11.6 Å². The van der Waals surface area contributed by atoms with Gasteiger partial charge in [0.2, 0.25) is 5.95 Å². The normalized spacial score (nSPS) is 11.5. The molecule has 0 bridgehead atoms. The summed E-state index contributed by atoms with van der Waals surface area (Å²) in [5.41, 5.74) is 5.29. The van der Waals surface area contributed by atoms with Gasteiger partial charge in [-0.15, -0.1) is 0 Å². The molecule has 5 rings (SSSR count). The number of para-hydroxylation sites is 1. The summed E-state index contributed by atoms with van der Waals surface area (Å²) in [5.74, 6) is 2.20. The van der Waals surface area contributed by atoms with E-state index in [0.717, 1.165) is 51.4 Å². The summed E-state index contributed by atoms with van der Waals surface area (Å²) in [6.07, 6.45) is 1.84. The van der Waals surface area contributed by atoms with Crippen LogP contribution in [0.2, 0.25) is 5.15 Å². The molecule has 0 aliphatic heterocycles. The number of hydrogen-bond donors (Lipinski definition) is 3. The number of hydrogen-bond acceptors (Lipinski definition) is 5. The Morgan fingerprint density at radius 1 is 1.03 bits per heavy atom. The Morgan fingerprint density at radius 2 is 1.90 bits per heavy atom. The Balaban J connectivity index is 1.41. The van der Waals surface area contributed by atoms with E-state index in [4.69, 9.17) is 16.3 Å². The van der Waals surface area contributed by atoms with E-state index in [2.05, 4.69) is 36.2 Å². The number of anilines is 2. The monoisotopic (exact) mass is 432 g/mol. The summed E-state index contributed by atoms with van der Waals surface area (Å²) >= 11 is 6.04. The largest absolute Gasteiger partial charge is 0.457 e. The zero-order chi connectivity index (χ0) is 21.4. The number of halogens is 1. The zero-order valence-electron chi connectivity index (χ0n) is 17.1. The second-order valence-electron chi connectivity index (χ2n) is 7.57. The SMILES string of the molecule is CN(C)Cc1ccccc1Oc1ccc2nc(Nc3c[nH]c4ccc(Cl)nc34)[nH]c2c1. The van der Waals surface area contributed by atoms with Gasteiger partial charge in [-0.3, -0.25) is 0 Å². The molecular weight excluding hydrogens is 412 g/mol. The van der Waals surface area contributed by atoms with Crippen molar-refractivity contribution in [2.75, 3.05) is 19.4 Å². The van der Waals surface area contributed by atoms with Crippen LogP contribution in [0.25, 0.3) is 22.1 Å². The van der Waals surface area contributed by atoms with Gasteiger partial charge in [0.05, 0.1) is 22.2 Å². The predicted molar refractivity (Wildman–Crippen MR) is 124 cm³/mol. The van der Waals surface area contributed by atoms with Gasteiger partial charge in [0, 0.05) is 24.4 Å². The molecule has 0 amide bonds. The fraction of sp³-hybridized carbons (Fsp3) is 0.130. The summed E-state index contributed by atoms with van der Waals surface area (Å²) in [7, 11) is 4.08. The number of aromatic amines is 2. The van der Waals surface area contributed by atoms with Gasteiger partial charge in [0.1, 0.15) is 22.2 Å². The summed E-state index contributed by atoms with van der Waals surface area (Å²) in [6.45, 7) is 0.805. The molecule has 0 atom stereocenters. The van der Waals surface area contributed by atoms with Gasteiger partial charge >= 0.3 is 0 Å². The lowest BCUT2D eigenvalue weighted by Crippen LogP contribution is -2.11. The van der Waals surface area contributed by atoms with Crippen molar-refractivity contribution in [2.45, 2.75) is 6.54 Å². The van der Waals surface area contributed by atoms with E-state index in [1.165, 1.54) is 0 Å². The zero-order valence-corrected chi connectivity index (χ0v) is 17.9. The topological polar surface area (TPSA) is 81.9 Å². The minimum absolute atomic E-state index is 0.441. The number of nitrogens with zero attached hydrogens (tertiary/aromatic N) is 3. The molecule has 0 spiro atoms. The van der Waals surface area contributed by atoms with Crippen molar-refractivity contribution in [3.63, 3.8) is 0 Å². The standard InChI is InChI=1S/C23H21ClN6O/c1-30(2)13-14-5-3-4-6-20(14)31-15-7-8-16-18(11-15)27-23(26-16)28-19-12-25-17-9-10-21(24)29-22(17)19/h3-12,25H,13H2,1-2H3,(H2,26,27,28). The Hall–Kier alpha value is -3.55. The molecule has 0 radical (unpaired) electrons. The quantitative estimate of drug-likeness (QED) is 0.300. The molecule has 3 heterocycles. The smallest absolute Gasteiger partial charge is 0.205 e. The highest BCUT2D eigenvalue weighted by Crippen LogP contribution is 2.30. The Kier molecular flexibility index (Phi) is 4.97. The van der Waals surface area contributed by atoms with E-state index in [1.807, 2.05) is 62.8 Å². The van der Waals surface area contributed by atoms with Crippen molar-refractivity contribution in [1.82, 2.24) is 24.8 Å². The van der Waals surface area contributed by atoms with Gasteiger partial charge in [-0.25, -0.2) is 9.97 Å². The predicted octanol–water partition coefficient (Wildman–Crippen LogP) is 5.69. The summed E-state index contributed by atoms with van der Waals surface area (Å²) in [4.78, 5) is 17.6. The third-order valence-electron chi connectivity index (χ3n) is 4.88. The van der Waals surface area contributed by atoms with Crippen LogP contribution in [-0.4, -0.2) is 38.9 Å². The number of aromatic nitrogens is 4. The lowest BCUT2D eigenvalue weighted by molar-refractivity contribution is 0.388. The van der Waals surface area contributed by atoms with Gasteiger partial charge in [-0.05, 0) is 44.4 Å². The van der Waals surface area contributed by atoms with Gasteiger partial charge in [0.25, 0.3) is 0 Å². The molecule has 7 nitrogen and oxygen atoms in total. The molecule has 3 aromatic heterocycles. The van der Waals surface area contributed by atoms with Crippen molar-refractivity contribution in [3.05, 3.63) is 71.5 Å². The molecule has 0 fully saturated rings. The Labute approximate surface area is 184 Å². The van der Waals surface area contributed by atoms with Crippen molar-refractivity contribution >= 4 is 45.3 Å². The maximum atomic E-state index is 6.18. The van der Waals surface area contributed by atoms with Crippen LogP contribution in [0.15, 0.2) is 60.8 Å². The summed E-state index contributed by atoms with van der Waals surface area (Å²) in [5, 5.41) is 3.72. The van der Waals surface area contributed by atoms with E-state index in [-0.39, 0.29) is 0 Å². The average Bonchev–Trinajstić information content (AvgIpc) is 3.32. The maximum Gasteiger partial charge on any atom is 0.205 e. The Bertz CT molecular complexity index is 1370. The van der Waals surface area contributed by atoms with Crippen molar-refractivity contribution in [1.29, 1.82) is 0 Å². The molecule has 5 aromatic rings. The van der Waals surface area contributed by atoms with Crippen molar-refractivity contribution in [3.8, 4) is 11.5 Å². The van der Waals surface area contributed by atoms with E-state index in [1.54, 1.807) is 6.07 Å². The molecular formula is C23H21ClN6O. The highest BCUT2D eigenvalue weighted by atomic mass is 35.5. The van der Waals surface area contributed by atoms with Crippen LogP contribution in [0, 0.1) is 0 Å². The van der Waals surface area contributed by atoms with Crippen molar-refractivity contribution < 1.29 is 4.74 Å². The number of fused-ring (bicyclic) bond motifs is 2. The molecule has 156 valence electrons. The van der Waals surface area contributed by atoms with Crippen LogP contribution in [0.3, 0.4) is 0 Å². The highest BCUT2D eigenvalue weighted by molar-refractivity contribution is 6.29. The lowest BCUT2D eigenvalue weighted by Gasteiger charge is -2.14. The number of ether oxygens (including phenoxy) is 1. The van der Waals surface area contributed by atoms with Gasteiger partial charge in [0.15, 0.2) is 0 Å². The number of pyridine rings is 1. The molecule has 3 N–H and O–H groups in total. The third kappa shape index (κ3) is 4.05. The minimum atomic E-state index is 0.441. The molecule has 0 saturated heterocycles. The number of imidazole rings is 1. The van der Waals surface area contributed by atoms with Crippen LogP contribution in [0.1, 0.15) is 5.56 Å². The van der Waals surface area contributed by atoms with Gasteiger partial charge in [-0.1, -0.05) is 29.8 Å². The fourth-order valence-corrected chi connectivity index (χ4v) is 3.66. The molecule has 0 unspecified atom stereocenters. The first-order chi connectivity index (χ1) is 15.0. The van der Waals surface area contributed by atoms with Crippen LogP contribution in [0.5, 0.6) is 11.5 Å². The third-order valence-corrected chi connectivity index (χ3v) is 5.09. The van der Waals surface area contributed by atoms with Crippen LogP contribution < -0.4 is 10.1 Å². The molecule has 31 heavy (non-hydrogen) atoms. The van der Waals surface area contributed by atoms with Gasteiger partial charge in [-0.2, -0.15) is 0 Å². The van der Waals surface area contributed by atoms with Crippen molar-refractivity contribution in [2.24, 2.45) is 0 Å². The number of nitrogens with one attached hydrogen (secondary N) is 3. The molecule has 0 saturated carbocycles. The van der Waals surface area contributed by atoms with E-state index in [0.29, 0.717) is 11.1 Å². The molecule has 2 aromatic carbocycles. The number of rotatable bonds is 6. The van der Waals surface area contributed by atoms with E-state index < -0.39 is 0 Å². The van der Waals surface area contributed by atoms with Crippen LogP contribution in [0.4, 0.5) is 11.6 Å². The molecule has 0 aliphatic carbocycles. The average molecular weight is 433 g/mol. The second-order valence-corrected chi connectivity index (χ2v) is 7.96. The lowest BCUT2D eigenvalue weighted by atomic mass is 10.2. The first-order valence-electron chi connectivity index (χ1n) is 9.86. The van der Waals surface area contributed by atoms with Crippen LogP contribution in [-0.2, 0) is 6.54 Å². The number of benzene rings is 2. The Morgan fingerprint density at radius 3 is 2.77 bits per heavy atom. The highest BCUT2D eigenvalue weighted by Gasteiger charge is 2.11. The maximum absolute atomic E-state index is 6.18. The minimum Gasteiger partial charge on any atom is -0.457 e. The molecule has 0 aliphatic rings. The van der Waals surface area contributed by atoms with E-state index in [9.17, 15) is 0 Å². The first-order valence-corrected chi connectivity index (χ1v) is 10.2. The summed E-state index contributed by atoms with van der Waals surface area (Å²) in [6, 6.07) is 17.5. The van der Waals surface area contributed by atoms with Gasteiger partial charge < -0.3 is 24.9 Å². The number of H-pyrrole nitrogens is 2. The van der Waals surface area contributed by atoms with E-state index >= 15 is 0 Å². The second kappa shape index (κ2) is 7.94. The molecule has 8 heteroatoms. The first kappa shape index (κ1) is 19.4. The summed E-state index contributed by atoms with van der Waals surface area (Å²) < 4.78 is 6.18. The fourth-order valence-electron chi connectivity index (χ4n) is 3.51.